The van der Waals surface area contributed by atoms with Crippen molar-refractivity contribution in [2.24, 2.45) is 5.92 Å². The first-order chi connectivity index (χ1) is 9.38. The molecule has 0 aliphatic rings. The van der Waals surface area contributed by atoms with Crippen LogP contribution in [0.15, 0.2) is 18.2 Å². The fourth-order valence-electron chi connectivity index (χ4n) is 2.40. The molecule has 1 aromatic rings. The van der Waals surface area contributed by atoms with Crippen molar-refractivity contribution in [2.75, 3.05) is 13.7 Å². The summed E-state index contributed by atoms with van der Waals surface area (Å²) >= 11 is 0. The van der Waals surface area contributed by atoms with Gasteiger partial charge < -0.3 is 15.2 Å². The fourth-order valence-corrected chi connectivity index (χ4v) is 2.40. The molecule has 0 amide bonds. The zero-order valence-corrected chi connectivity index (χ0v) is 12.7. The van der Waals surface area contributed by atoms with E-state index in [9.17, 15) is 5.11 Å². The maximum Gasteiger partial charge on any atom is 0.123 e. The number of hydrogen-bond acceptors (Lipinski definition) is 4. The van der Waals surface area contributed by atoms with Crippen LogP contribution in [0.1, 0.15) is 38.3 Å². The van der Waals surface area contributed by atoms with Crippen molar-refractivity contribution in [1.29, 1.82) is 5.26 Å². The summed E-state index contributed by atoms with van der Waals surface area (Å²) in [6.07, 6.45) is 0.745. The van der Waals surface area contributed by atoms with Gasteiger partial charge in [-0.05, 0) is 37.5 Å². The number of hydrogen-bond donors (Lipinski definition) is 2. The largest absolute Gasteiger partial charge is 0.496 e. The lowest BCUT2D eigenvalue weighted by molar-refractivity contribution is 0.0383. The minimum atomic E-state index is -0.728. The highest BCUT2D eigenvalue weighted by Crippen LogP contribution is 2.20. The molecule has 1 unspecified atom stereocenters. The van der Waals surface area contributed by atoms with Crippen LogP contribution in [0.4, 0.5) is 0 Å². The molecular formula is C16H24N2O2. The zero-order valence-electron chi connectivity index (χ0n) is 12.7. The highest BCUT2D eigenvalue weighted by molar-refractivity contribution is 5.41. The smallest absolute Gasteiger partial charge is 0.123 e. The van der Waals surface area contributed by atoms with E-state index >= 15 is 0 Å². The number of nitriles is 1. The summed E-state index contributed by atoms with van der Waals surface area (Å²) in [5, 5.41) is 22.4. The summed E-state index contributed by atoms with van der Waals surface area (Å²) in [4.78, 5) is 0. The summed E-state index contributed by atoms with van der Waals surface area (Å²) in [5.74, 6) is 1.20. The number of rotatable bonds is 7. The normalized spacial score (nSPS) is 13.8. The first kappa shape index (κ1) is 16.5. The lowest BCUT2D eigenvalue weighted by Gasteiger charge is -2.26. The summed E-state index contributed by atoms with van der Waals surface area (Å²) in [6, 6.07) is 7.45. The van der Waals surface area contributed by atoms with Gasteiger partial charge in [-0.2, -0.15) is 5.26 Å². The van der Waals surface area contributed by atoms with Gasteiger partial charge in [0.1, 0.15) is 5.75 Å². The Morgan fingerprint density at radius 2 is 2.15 bits per heavy atom. The molecule has 4 nitrogen and oxygen atoms in total. The van der Waals surface area contributed by atoms with Crippen molar-refractivity contribution in [2.45, 2.75) is 39.3 Å². The molecular weight excluding hydrogens is 252 g/mol. The Bertz CT molecular complexity index is 476. The van der Waals surface area contributed by atoms with Gasteiger partial charge in [-0.1, -0.05) is 13.8 Å². The Morgan fingerprint density at radius 3 is 2.70 bits per heavy atom. The minimum Gasteiger partial charge on any atom is -0.496 e. The van der Waals surface area contributed by atoms with E-state index in [2.05, 4.69) is 25.2 Å². The number of aliphatic hydroxyl groups is 1. The molecule has 0 bridgehead atoms. The highest BCUT2D eigenvalue weighted by Gasteiger charge is 2.21. The Morgan fingerprint density at radius 1 is 1.45 bits per heavy atom. The molecule has 0 aliphatic heterocycles. The third-order valence-corrected chi connectivity index (χ3v) is 3.08. The van der Waals surface area contributed by atoms with Crippen LogP contribution >= 0.6 is 0 Å². The van der Waals surface area contributed by atoms with E-state index in [1.807, 2.05) is 13.0 Å². The average molecular weight is 276 g/mol. The highest BCUT2D eigenvalue weighted by atomic mass is 16.5. The second-order valence-corrected chi connectivity index (χ2v) is 5.84. The van der Waals surface area contributed by atoms with Crippen LogP contribution in [0.2, 0.25) is 0 Å². The molecule has 1 aromatic carbocycles. The maximum atomic E-state index is 10.2. The Kier molecular flexibility index (Phi) is 6.00. The second-order valence-electron chi connectivity index (χ2n) is 5.84. The number of ether oxygens (including phenoxy) is 1. The molecule has 2 N–H and O–H groups in total. The van der Waals surface area contributed by atoms with Crippen molar-refractivity contribution >= 4 is 0 Å². The van der Waals surface area contributed by atoms with Crippen molar-refractivity contribution in [3.05, 3.63) is 29.3 Å². The van der Waals surface area contributed by atoms with Gasteiger partial charge in [0.05, 0.1) is 24.3 Å². The molecule has 0 aliphatic carbocycles. The summed E-state index contributed by atoms with van der Waals surface area (Å²) in [7, 11) is 1.61. The zero-order chi connectivity index (χ0) is 15.2. The van der Waals surface area contributed by atoms with E-state index in [1.165, 1.54) is 0 Å². The van der Waals surface area contributed by atoms with Crippen molar-refractivity contribution < 1.29 is 9.84 Å². The number of nitrogens with one attached hydrogen (secondary N) is 1. The van der Waals surface area contributed by atoms with Crippen LogP contribution in [0.5, 0.6) is 5.75 Å². The number of benzene rings is 1. The first-order valence-corrected chi connectivity index (χ1v) is 6.88. The van der Waals surface area contributed by atoms with Crippen LogP contribution in [0.3, 0.4) is 0 Å². The van der Waals surface area contributed by atoms with Crippen molar-refractivity contribution in [1.82, 2.24) is 5.32 Å². The van der Waals surface area contributed by atoms with E-state index < -0.39 is 5.60 Å². The van der Waals surface area contributed by atoms with Gasteiger partial charge >= 0.3 is 0 Å². The Labute approximate surface area is 121 Å². The lowest BCUT2D eigenvalue weighted by atomic mass is 9.94. The van der Waals surface area contributed by atoms with Gasteiger partial charge in [0.2, 0.25) is 0 Å². The number of methoxy groups -OCH3 is 1. The molecule has 0 fully saturated rings. The van der Waals surface area contributed by atoms with E-state index in [-0.39, 0.29) is 0 Å². The van der Waals surface area contributed by atoms with Crippen LogP contribution in [-0.2, 0) is 6.54 Å². The molecule has 0 saturated heterocycles. The number of nitrogens with zero attached hydrogens (tertiary/aromatic N) is 1. The van der Waals surface area contributed by atoms with Crippen LogP contribution < -0.4 is 10.1 Å². The standard InChI is InChI=1S/C16H24N2O2/c1-12(2)8-16(3,19)11-18-10-14-7-13(9-17)5-6-15(14)20-4/h5-7,12,18-19H,8,10-11H2,1-4H3. The van der Waals surface area contributed by atoms with Gasteiger partial charge in [0.25, 0.3) is 0 Å². The molecule has 0 spiro atoms. The van der Waals surface area contributed by atoms with Gasteiger partial charge in [0.15, 0.2) is 0 Å². The fraction of sp³-hybridized carbons (Fsp3) is 0.562. The van der Waals surface area contributed by atoms with Crippen LogP contribution in [0.25, 0.3) is 0 Å². The summed E-state index contributed by atoms with van der Waals surface area (Å²) < 4.78 is 5.28. The third kappa shape index (κ3) is 5.20. The topological polar surface area (TPSA) is 65.3 Å². The van der Waals surface area contributed by atoms with Gasteiger partial charge in [-0.3, -0.25) is 0 Å². The van der Waals surface area contributed by atoms with Gasteiger partial charge in [-0.25, -0.2) is 0 Å². The predicted octanol–water partition coefficient (Wildman–Crippen LogP) is 2.45. The maximum absolute atomic E-state index is 10.2. The SMILES string of the molecule is COc1ccc(C#N)cc1CNCC(C)(O)CC(C)C. The minimum absolute atomic E-state index is 0.447. The van der Waals surface area contributed by atoms with E-state index in [0.717, 1.165) is 17.7 Å². The second kappa shape index (κ2) is 7.28. The van der Waals surface area contributed by atoms with Crippen LogP contribution in [-0.4, -0.2) is 24.4 Å². The molecule has 110 valence electrons. The van der Waals surface area contributed by atoms with Crippen molar-refractivity contribution in [3.8, 4) is 11.8 Å². The molecule has 0 radical (unpaired) electrons. The summed E-state index contributed by atoms with van der Waals surface area (Å²) in [5.41, 5.74) is 0.803. The molecule has 20 heavy (non-hydrogen) atoms. The lowest BCUT2D eigenvalue weighted by Crippen LogP contribution is -2.38. The molecule has 1 rings (SSSR count). The average Bonchev–Trinajstić information content (AvgIpc) is 2.36. The molecule has 1 atom stereocenters. The van der Waals surface area contributed by atoms with Gasteiger partial charge in [0, 0.05) is 18.7 Å². The van der Waals surface area contributed by atoms with E-state index in [4.69, 9.17) is 10.00 Å². The molecule has 0 heterocycles. The molecule has 0 saturated carbocycles. The van der Waals surface area contributed by atoms with E-state index in [1.54, 1.807) is 19.2 Å². The quantitative estimate of drug-likeness (QED) is 0.803. The first-order valence-electron chi connectivity index (χ1n) is 6.88. The predicted molar refractivity (Wildman–Crippen MR) is 79.5 cm³/mol. The van der Waals surface area contributed by atoms with Crippen LogP contribution in [0, 0.1) is 17.2 Å². The third-order valence-electron chi connectivity index (χ3n) is 3.08. The Balaban J connectivity index is 2.63. The monoisotopic (exact) mass is 276 g/mol. The van der Waals surface area contributed by atoms with Crippen molar-refractivity contribution in [3.63, 3.8) is 0 Å². The molecule has 0 aromatic heterocycles. The van der Waals surface area contributed by atoms with Gasteiger partial charge in [-0.15, -0.1) is 0 Å². The Hall–Kier alpha value is -1.57. The molecule has 4 heteroatoms. The van der Waals surface area contributed by atoms with E-state index in [0.29, 0.717) is 24.6 Å². The summed E-state index contributed by atoms with van der Waals surface area (Å²) in [6.45, 7) is 7.09.